The molecule has 1 N–H and O–H groups in total. The van der Waals surface area contributed by atoms with Crippen LogP contribution in [-0.2, 0) is 0 Å². The molecule has 0 amide bonds. The van der Waals surface area contributed by atoms with E-state index in [1.807, 2.05) is 100 Å². The summed E-state index contributed by atoms with van der Waals surface area (Å²) in [5.41, 5.74) is 4.38. The summed E-state index contributed by atoms with van der Waals surface area (Å²) >= 11 is 0. The van der Waals surface area contributed by atoms with Crippen molar-refractivity contribution in [2.75, 3.05) is 0 Å². The van der Waals surface area contributed by atoms with E-state index in [1.165, 1.54) is 0 Å². The Morgan fingerprint density at radius 1 is 0.536 bits per heavy atom. The van der Waals surface area contributed by atoms with Crippen molar-refractivity contribution >= 4 is 0 Å². The Labute approximate surface area is 170 Å². The Morgan fingerprint density at radius 3 is 1.32 bits per heavy atom. The molecule has 0 aliphatic carbocycles. The van der Waals surface area contributed by atoms with Gasteiger partial charge in [0.2, 0.25) is 0 Å². The third-order valence-corrected chi connectivity index (χ3v) is 3.65. The van der Waals surface area contributed by atoms with Gasteiger partial charge in [0.15, 0.2) is 0 Å². The van der Waals surface area contributed by atoms with Crippen molar-refractivity contribution in [3.63, 3.8) is 0 Å². The molecule has 0 unspecified atom stereocenters. The largest absolute Gasteiger partial charge is 0.342 e. The lowest BCUT2D eigenvalue weighted by atomic mass is 10.1. The lowest BCUT2D eigenvalue weighted by Gasteiger charge is -1.96. The molecule has 0 atom stereocenters. The van der Waals surface area contributed by atoms with Gasteiger partial charge in [-0.2, -0.15) is 0 Å². The maximum absolute atomic E-state index is 4.69. The number of H-pyrrole nitrogens is 1. The van der Waals surface area contributed by atoms with Gasteiger partial charge >= 0.3 is 0 Å². The van der Waals surface area contributed by atoms with E-state index in [9.17, 15) is 0 Å². The highest BCUT2D eigenvalue weighted by Crippen LogP contribution is 2.25. The zero-order valence-electron chi connectivity index (χ0n) is 17.7. The highest BCUT2D eigenvalue weighted by molar-refractivity contribution is 5.67. The van der Waals surface area contributed by atoms with Gasteiger partial charge in [0, 0.05) is 16.8 Å². The predicted molar refractivity (Wildman–Crippen MR) is 123 cm³/mol. The molecule has 0 radical (unpaired) electrons. The van der Waals surface area contributed by atoms with Crippen LogP contribution < -0.4 is 0 Å². The summed E-state index contributed by atoms with van der Waals surface area (Å²) in [6.07, 6.45) is 0. The summed E-state index contributed by atoms with van der Waals surface area (Å²) in [6.45, 7) is 10.1. The molecule has 0 saturated carbocycles. The standard InChI is InChI=1S/C16H14N2.C6H6.2C2H6/c1-12-15(13-8-4-2-5-9-13)18-16(17-12)14-10-6-3-7-11-14;1-2-4-6-5-3-1;2*1-2/h2-11H,1H3,(H,17,18);1-6H;2*1-2H3. The number of imidazole rings is 1. The molecule has 0 bridgehead atoms. The van der Waals surface area contributed by atoms with Crippen molar-refractivity contribution in [3.8, 4) is 22.6 Å². The quantitative estimate of drug-likeness (QED) is 0.382. The van der Waals surface area contributed by atoms with Gasteiger partial charge in [-0.3, -0.25) is 0 Å². The van der Waals surface area contributed by atoms with Crippen molar-refractivity contribution in [1.82, 2.24) is 9.97 Å². The molecule has 28 heavy (non-hydrogen) atoms. The van der Waals surface area contributed by atoms with Crippen molar-refractivity contribution in [2.24, 2.45) is 0 Å². The fraction of sp³-hybridized carbons (Fsp3) is 0.192. The number of hydrogen-bond acceptors (Lipinski definition) is 1. The molecule has 0 aliphatic rings. The molecule has 2 nitrogen and oxygen atoms in total. The van der Waals surface area contributed by atoms with Crippen LogP contribution in [0.25, 0.3) is 22.6 Å². The molecule has 1 heterocycles. The average Bonchev–Trinajstić information content (AvgIpc) is 3.21. The Morgan fingerprint density at radius 2 is 0.893 bits per heavy atom. The highest BCUT2D eigenvalue weighted by Gasteiger charge is 2.09. The van der Waals surface area contributed by atoms with Gasteiger partial charge in [-0.15, -0.1) is 0 Å². The van der Waals surface area contributed by atoms with Crippen molar-refractivity contribution in [1.29, 1.82) is 0 Å². The number of aryl methyl sites for hydroxylation is 1. The van der Waals surface area contributed by atoms with E-state index in [4.69, 9.17) is 4.98 Å². The fourth-order valence-corrected chi connectivity index (χ4v) is 2.46. The topological polar surface area (TPSA) is 28.7 Å². The summed E-state index contributed by atoms with van der Waals surface area (Å²) in [6, 6.07) is 32.4. The molecule has 0 aliphatic heterocycles. The first-order chi connectivity index (χ1) is 13.8. The van der Waals surface area contributed by atoms with Crippen LogP contribution in [0.15, 0.2) is 97.1 Å². The van der Waals surface area contributed by atoms with Crippen LogP contribution in [0.4, 0.5) is 0 Å². The maximum atomic E-state index is 4.69. The monoisotopic (exact) mass is 372 g/mol. The van der Waals surface area contributed by atoms with E-state index in [1.54, 1.807) is 0 Å². The molecule has 1 aromatic heterocycles. The normalized spacial score (nSPS) is 8.89. The Balaban J connectivity index is 0.000000329. The summed E-state index contributed by atoms with van der Waals surface area (Å²) < 4.78 is 0. The number of hydrogen-bond donors (Lipinski definition) is 1. The first-order valence-electron chi connectivity index (χ1n) is 10.0. The number of aromatic nitrogens is 2. The Kier molecular flexibility index (Phi) is 11.4. The lowest BCUT2D eigenvalue weighted by Crippen LogP contribution is -1.80. The minimum Gasteiger partial charge on any atom is -0.342 e. The molecular weight excluding hydrogens is 340 g/mol. The van der Waals surface area contributed by atoms with Gasteiger partial charge in [-0.25, -0.2) is 4.98 Å². The number of aromatic amines is 1. The molecule has 3 aromatic carbocycles. The SMILES string of the molecule is CC.CC.Cc1[nH]c(-c2ccccc2)nc1-c1ccccc1.c1ccccc1. The number of nitrogens with one attached hydrogen (secondary N) is 1. The zero-order chi connectivity index (χ0) is 20.6. The molecular formula is C26H32N2. The van der Waals surface area contributed by atoms with E-state index in [0.29, 0.717) is 0 Å². The molecule has 0 spiro atoms. The van der Waals surface area contributed by atoms with Crippen LogP contribution in [0.5, 0.6) is 0 Å². The first kappa shape index (κ1) is 22.9. The smallest absolute Gasteiger partial charge is 0.138 e. The van der Waals surface area contributed by atoms with Crippen molar-refractivity contribution in [2.45, 2.75) is 34.6 Å². The predicted octanol–water partition coefficient (Wildman–Crippen LogP) is 7.79. The number of nitrogens with zero attached hydrogens (tertiary/aromatic N) is 1. The molecule has 4 rings (SSSR count). The summed E-state index contributed by atoms with van der Waals surface area (Å²) in [7, 11) is 0. The van der Waals surface area contributed by atoms with Gasteiger partial charge in [-0.1, -0.05) is 125 Å². The molecule has 0 fully saturated rings. The number of rotatable bonds is 2. The van der Waals surface area contributed by atoms with Gasteiger partial charge in [0.05, 0.1) is 5.69 Å². The first-order valence-corrected chi connectivity index (χ1v) is 10.0. The Bertz CT molecular complexity index is 824. The lowest BCUT2D eigenvalue weighted by molar-refractivity contribution is 1.26. The van der Waals surface area contributed by atoms with E-state index in [-0.39, 0.29) is 0 Å². The summed E-state index contributed by atoms with van der Waals surface area (Å²) in [5.74, 6) is 0.923. The minimum atomic E-state index is 0.923. The molecule has 146 valence electrons. The third-order valence-electron chi connectivity index (χ3n) is 3.65. The van der Waals surface area contributed by atoms with E-state index < -0.39 is 0 Å². The van der Waals surface area contributed by atoms with Crippen molar-refractivity contribution in [3.05, 3.63) is 103 Å². The second-order valence-corrected chi connectivity index (χ2v) is 5.45. The molecule has 4 aromatic rings. The summed E-state index contributed by atoms with van der Waals surface area (Å²) in [5, 5.41) is 0. The van der Waals surface area contributed by atoms with E-state index in [2.05, 4.69) is 36.2 Å². The second-order valence-electron chi connectivity index (χ2n) is 5.45. The average molecular weight is 373 g/mol. The number of benzene rings is 3. The van der Waals surface area contributed by atoms with Gasteiger partial charge < -0.3 is 4.98 Å². The van der Waals surface area contributed by atoms with Crippen LogP contribution in [0.3, 0.4) is 0 Å². The van der Waals surface area contributed by atoms with Gasteiger partial charge in [0.25, 0.3) is 0 Å². The van der Waals surface area contributed by atoms with Gasteiger partial charge in [0.1, 0.15) is 5.82 Å². The van der Waals surface area contributed by atoms with Gasteiger partial charge in [-0.05, 0) is 6.92 Å². The molecule has 0 saturated heterocycles. The Hall–Kier alpha value is -3.13. The van der Waals surface area contributed by atoms with Crippen molar-refractivity contribution < 1.29 is 0 Å². The fourth-order valence-electron chi connectivity index (χ4n) is 2.46. The van der Waals surface area contributed by atoms with Crippen LogP contribution in [-0.4, -0.2) is 9.97 Å². The molecule has 2 heteroatoms. The third kappa shape index (κ3) is 7.24. The zero-order valence-corrected chi connectivity index (χ0v) is 17.7. The van der Waals surface area contributed by atoms with Crippen LogP contribution in [0.2, 0.25) is 0 Å². The minimum absolute atomic E-state index is 0.923. The van der Waals surface area contributed by atoms with Crippen LogP contribution in [0, 0.1) is 6.92 Å². The van der Waals surface area contributed by atoms with Crippen LogP contribution >= 0.6 is 0 Å². The van der Waals surface area contributed by atoms with E-state index in [0.717, 1.165) is 28.3 Å². The highest BCUT2D eigenvalue weighted by atomic mass is 14.9. The van der Waals surface area contributed by atoms with Crippen LogP contribution in [0.1, 0.15) is 33.4 Å². The van der Waals surface area contributed by atoms with E-state index >= 15 is 0 Å². The second kappa shape index (κ2) is 14.0. The maximum Gasteiger partial charge on any atom is 0.138 e. The summed E-state index contributed by atoms with van der Waals surface area (Å²) in [4.78, 5) is 8.04.